The third kappa shape index (κ3) is 3.77. The standard InChI is InChI=1S/C14H16N2O3S/c1-18-11-4-5-12(19-2)10(9-11)3-6-13(17)16-14-15-7-8-20-14/h3-6,9H,7-8H2,1-2H3,(H,15,16,17)/b6-3+. The summed E-state index contributed by atoms with van der Waals surface area (Å²) in [6, 6.07) is 5.41. The van der Waals surface area contributed by atoms with Crippen LogP contribution in [0.3, 0.4) is 0 Å². The minimum Gasteiger partial charge on any atom is -0.497 e. The number of hydrogen-bond acceptors (Lipinski definition) is 5. The molecule has 1 aliphatic rings. The van der Waals surface area contributed by atoms with Gasteiger partial charge in [0, 0.05) is 17.4 Å². The molecule has 6 heteroatoms. The van der Waals surface area contributed by atoms with Crippen LogP contribution in [0.25, 0.3) is 6.08 Å². The Kier molecular flexibility index (Phi) is 5.06. The maximum Gasteiger partial charge on any atom is 0.249 e. The van der Waals surface area contributed by atoms with E-state index in [1.165, 1.54) is 6.08 Å². The van der Waals surface area contributed by atoms with Crippen LogP contribution in [0.5, 0.6) is 11.5 Å². The van der Waals surface area contributed by atoms with E-state index in [2.05, 4.69) is 10.3 Å². The Morgan fingerprint density at radius 2 is 2.25 bits per heavy atom. The molecule has 0 radical (unpaired) electrons. The van der Waals surface area contributed by atoms with Crippen LogP contribution in [-0.2, 0) is 4.79 Å². The van der Waals surface area contributed by atoms with Crippen LogP contribution in [0.1, 0.15) is 5.56 Å². The monoisotopic (exact) mass is 292 g/mol. The first-order valence-electron chi connectivity index (χ1n) is 6.11. The molecule has 0 spiro atoms. The number of amides is 1. The smallest absolute Gasteiger partial charge is 0.249 e. The summed E-state index contributed by atoms with van der Waals surface area (Å²) in [6.07, 6.45) is 3.15. The van der Waals surface area contributed by atoms with Gasteiger partial charge in [0.2, 0.25) is 5.91 Å². The Labute approximate surface area is 122 Å². The van der Waals surface area contributed by atoms with Gasteiger partial charge in [0.1, 0.15) is 11.5 Å². The maximum absolute atomic E-state index is 11.8. The molecule has 0 atom stereocenters. The van der Waals surface area contributed by atoms with Crippen molar-refractivity contribution in [3.05, 3.63) is 29.8 Å². The van der Waals surface area contributed by atoms with Gasteiger partial charge in [-0.25, -0.2) is 0 Å². The number of aliphatic imine (C=N–C) groups is 1. The lowest BCUT2D eigenvalue weighted by Crippen LogP contribution is -2.25. The minimum atomic E-state index is -0.206. The van der Waals surface area contributed by atoms with Crippen molar-refractivity contribution in [2.75, 3.05) is 26.5 Å². The second kappa shape index (κ2) is 7.00. The first-order valence-corrected chi connectivity index (χ1v) is 7.10. The Morgan fingerprint density at radius 3 is 2.90 bits per heavy atom. The number of carbonyl (C=O) groups excluding carboxylic acids is 1. The molecule has 1 heterocycles. The molecule has 1 aromatic carbocycles. The van der Waals surface area contributed by atoms with Gasteiger partial charge in [0.25, 0.3) is 0 Å². The van der Waals surface area contributed by atoms with Crippen molar-refractivity contribution < 1.29 is 14.3 Å². The van der Waals surface area contributed by atoms with E-state index in [1.807, 2.05) is 6.07 Å². The predicted molar refractivity (Wildman–Crippen MR) is 81.5 cm³/mol. The molecule has 0 fully saturated rings. The highest BCUT2D eigenvalue weighted by molar-refractivity contribution is 8.14. The molecule has 2 rings (SSSR count). The Morgan fingerprint density at radius 1 is 1.40 bits per heavy atom. The van der Waals surface area contributed by atoms with Gasteiger partial charge in [-0.3, -0.25) is 9.79 Å². The predicted octanol–water partition coefficient (Wildman–Crippen LogP) is 1.94. The average molecular weight is 292 g/mol. The number of benzene rings is 1. The lowest BCUT2D eigenvalue weighted by Gasteiger charge is -2.07. The summed E-state index contributed by atoms with van der Waals surface area (Å²) in [5.41, 5.74) is 0.781. The van der Waals surface area contributed by atoms with Crippen LogP contribution in [0.2, 0.25) is 0 Å². The summed E-state index contributed by atoms with van der Waals surface area (Å²) in [7, 11) is 3.18. The molecule has 5 nitrogen and oxygen atoms in total. The van der Waals surface area contributed by atoms with Crippen molar-refractivity contribution in [1.82, 2.24) is 5.32 Å². The van der Waals surface area contributed by atoms with E-state index in [9.17, 15) is 4.79 Å². The fourth-order valence-electron chi connectivity index (χ4n) is 1.69. The van der Waals surface area contributed by atoms with Gasteiger partial charge >= 0.3 is 0 Å². The van der Waals surface area contributed by atoms with Gasteiger partial charge in [0.15, 0.2) is 5.17 Å². The molecule has 0 bridgehead atoms. The topological polar surface area (TPSA) is 59.9 Å². The van der Waals surface area contributed by atoms with Crippen LogP contribution in [0.4, 0.5) is 0 Å². The van der Waals surface area contributed by atoms with Crippen LogP contribution < -0.4 is 14.8 Å². The van der Waals surface area contributed by atoms with Gasteiger partial charge in [-0.15, -0.1) is 0 Å². The van der Waals surface area contributed by atoms with Crippen LogP contribution >= 0.6 is 11.8 Å². The van der Waals surface area contributed by atoms with Crippen molar-refractivity contribution in [3.8, 4) is 11.5 Å². The van der Waals surface area contributed by atoms with Gasteiger partial charge in [-0.2, -0.15) is 0 Å². The van der Waals surface area contributed by atoms with Gasteiger partial charge in [-0.1, -0.05) is 11.8 Å². The number of ether oxygens (including phenoxy) is 2. The summed E-state index contributed by atoms with van der Waals surface area (Å²) in [5.74, 6) is 2.11. The molecule has 1 N–H and O–H groups in total. The van der Waals surface area contributed by atoms with Crippen molar-refractivity contribution in [3.63, 3.8) is 0 Å². The van der Waals surface area contributed by atoms with Crippen molar-refractivity contribution in [1.29, 1.82) is 0 Å². The zero-order valence-corrected chi connectivity index (χ0v) is 12.2. The first-order chi connectivity index (χ1) is 9.72. The molecular weight excluding hydrogens is 276 g/mol. The summed E-state index contributed by atoms with van der Waals surface area (Å²) in [5, 5.41) is 3.41. The molecule has 20 heavy (non-hydrogen) atoms. The van der Waals surface area contributed by atoms with Crippen LogP contribution in [0, 0.1) is 0 Å². The molecular formula is C14H16N2O3S. The Hall–Kier alpha value is -1.95. The van der Waals surface area contributed by atoms with E-state index in [4.69, 9.17) is 9.47 Å². The molecule has 1 aromatic rings. The van der Waals surface area contributed by atoms with E-state index in [1.54, 1.807) is 44.2 Å². The third-order valence-electron chi connectivity index (χ3n) is 2.67. The Balaban J connectivity index is 2.07. The minimum absolute atomic E-state index is 0.206. The number of thioether (sulfide) groups is 1. The summed E-state index contributed by atoms with van der Waals surface area (Å²) in [6.45, 7) is 0.758. The van der Waals surface area contributed by atoms with Crippen LogP contribution in [0.15, 0.2) is 29.3 Å². The Bertz CT molecular complexity index is 555. The number of methoxy groups -OCH3 is 2. The van der Waals surface area contributed by atoms with E-state index >= 15 is 0 Å². The number of rotatable bonds is 4. The highest BCUT2D eigenvalue weighted by Gasteiger charge is 2.09. The van der Waals surface area contributed by atoms with Crippen molar-refractivity contribution in [2.45, 2.75) is 0 Å². The van der Waals surface area contributed by atoms with Crippen LogP contribution in [-0.4, -0.2) is 37.6 Å². The normalized spacial score (nSPS) is 14.2. The summed E-state index contributed by atoms with van der Waals surface area (Å²) >= 11 is 1.55. The van der Waals surface area contributed by atoms with Crippen molar-refractivity contribution >= 4 is 28.9 Å². The number of nitrogens with one attached hydrogen (secondary N) is 1. The second-order valence-electron chi connectivity index (χ2n) is 3.97. The largest absolute Gasteiger partial charge is 0.497 e. The molecule has 1 aliphatic heterocycles. The van der Waals surface area contributed by atoms with E-state index in [0.717, 1.165) is 17.9 Å². The van der Waals surface area contributed by atoms with E-state index in [0.29, 0.717) is 16.7 Å². The van der Waals surface area contributed by atoms with Crippen molar-refractivity contribution in [2.24, 2.45) is 4.99 Å². The molecule has 0 unspecified atom stereocenters. The quantitative estimate of drug-likeness (QED) is 0.862. The van der Waals surface area contributed by atoms with Gasteiger partial charge in [0.05, 0.1) is 20.8 Å². The molecule has 0 aromatic heterocycles. The molecule has 0 aliphatic carbocycles. The molecule has 0 saturated heterocycles. The fourth-order valence-corrected chi connectivity index (χ4v) is 2.42. The number of hydrogen-bond donors (Lipinski definition) is 1. The van der Waals surface area contributed by atoms with Gasteiger partial charge in [-0.05, 0) is 24.3 Å². The molecule has 106 valence electrons. The highest BCUT2D eigenvalue weighted by Crippen LogP contribution is 2.25. The lowest BCUT2D eigenvalue weighted by atomic mass is 10.1. The molecule has 0 saturated carbocycles. The zero-order valence-electron chi connectivity index (χ0n) is 11.4. The van der Waals surface area contributed by atoms with Gasteiger partial charge < -0.3 is 14.8 Å². The average Bonchev–Trinajstić information content (AvgIpc) is 2.97. The second-order valence-corrected chi connectivity index (χ2v) is 5.05. The lowest BCUT2D eigenvalue weighted by molar-refractivity contribution is -0.115. The maximum atomic E-state index is 11.8. The number of carbonyl (C=O) groups is 1. The summed E-state index contributed by atoms with van der Waals surface area (Å²) < 4.78 is 10.4. The zero-order chi connectivity index (χ0) is 14.4. The highest BCUT2D eigenvalue weighted by atomic mass is 32.2. The SMILES string of the molecule is COc1ccc(OC)c(/C=C/C(=O)NC2=NCCS2)c1. The first kappa shape index (κ1) is 14.5. The fraction of sp³-hybridized carbons (Fsp3) is 0.286. The third-order valence-corrected chi connectivity index (χ3v) is 3.56. The summed E-state index contributed by atoms with van der Waals surface area (Å²) in [4.78, 5) is 15.9. The molecule has 1 amide bonds. The number of nitrogens with zero attached hydrogens (tertiary/aromatic N) is 1. The number of amidine groups is 1. The van der Waals surface area contributed by atoms with E-state index < -0.39 is 0 Å². The van der Waals surface area contributed by atoms with E-state index in [-0.39, 0.29) is 5.91 Å².